The highest BCUT2D eigenvalue weighted by Gasteiger charge is 2.43. The van der Waals surface area contributed by atoms with Gasteiger partial charge in [-0.15, -0.1) is 11.8 Å². The van der Waals surface area contributed by atoms with Gasteiger partial charge in [0.1, 0.15) is 5.76 Å². The number of amides is 1. The van der Waals surface area contributed by atoms with E-state index in [9.17, 15) is 14.4 Å². The number of benzene rings is 1. The Kier molecular flexibility index (Phi) is 8.42. The predicted molar refractivity (Wildman–Crippen MR) is 129 cm³/mol. The van der Waals surface area contributed by atoms with Crippen LogP contribution in [-0.4, -0.2) is 75.5 Å². The van der Waals surface area contributed by atoms with Crippen LogP contribution in [0.25, 0.3) is 0 Å². The number of carbonyl (C=O) groups is 3. The van der Waals surface area contributed by atoms with E-state index in [2.05, 4.69) is 11.8 Å². The SMILES string of the molecule is COC(=O)c1ccc2c(c1)N(CCN(C)C)C(=O)[C@H](OC(C)=O)[C@H](C1C#CC=C(OC)C=C1)S2. The van der Waals surface area contributed by atoms with Crippen LogP contribution < -0.4 is 4.90 Å². The summed E-state index contributed by atoms with van der Waals surface area (Å²) in [5, 5.41) is -0.517. The Hall–Kier alpha value is -3.22. The first kappa shape index (κ1) is 25.4. The lowest BCUT2D eigenvalue weighted by atomic mass is 9.99. The van der Waals surface area contributed by atoms with E-state index < -0.39 is 29.2 Å². The zero-order chi connectivity index (χ0) is 24.8. The summed E-state index contributed by atoms with van der Waals surface area (Å²) in [5.74, 6) is 4.89. The summed E-state index contributed by atoms with van der Waals surface area (Å²) in [5.41, 5.74) is 0.899. The molecule has 3 rings (SSSR count). The second-order valence-electron chi connectivity index (χ2n) is 8.00. The van der Waals surface area contributed by atoms with Crippen molar-refractivity contribution in [2.24, 2.45) is 5.92 Å². The van der Waals surface area contributed by atoms with E-state index in [0.717, 1.165) is 4.90 Å². The van der Waals surface area contributed by atoms with E-state index in [4.69, 9.17) is 14.2 Å². The molecule has 2 aliphatic rings. The Morgan fingerprint density at radius 1 is 1.24 bits per heavy atom. The van der Waals surface area contributed by atoms with Crippen LogP contribution in [0.15, 0.2) is 47.1 Å². The molecule has 1 heterocycles. The molecule has 0 aromatic heterocycles. The van der Waals surface area contributed by atoms with Crippen LogP contribution in [0.4, 0.5) is 5.69 Å². The summed E-state index contributed by atoms with van der Waals surface area (Å²) in [6.07, 6.45) is 4.21. The van der Waals surface area contributed by atoms with E-state index in [0.29, 0.717) is 30.1 Å². The highest BCUT2D eigenvalue weighted by Crippen LogP contribution is 2.43. The first-order valence-electron chi connectivity index (χ1n) is 10.7. The zero-order valence-corrected chi connectivity index (χ0v) is 20.7. The maximum atomic E-state index is 13.9. The number of carbonyl (C=O) groups excluding carboxylic acids is 3. The minimum atomic E-state index is -1.08. The van der Waals surface area contributed by atoms with Crippen molar-refractivity contribution in [3.63, 3.8) is 0 Å². The molecule has 0 spiro atoms. The number of esters is 2. The van der Waals surface area contributed by atoms with Crippen molar-refractivity contribution in [3.05, 3.63) is 47.7 Å². The fourth-order valence-electron chi connectivity index (χ4n) is 3.60. The maximum absolute atomic E-state index is 13.9. The van der Waals surface area contributed by atoms with Gasteiger partial charge in [0.2, 0.25) is 0 Å². The second-order valence-corrected chi connectivity index (χ2v) is 9.22. The van der Waals surface area contributed by atoms with Crippen LogP contribution in [0.2, 0.25) is 0 Å². The number of hydrogen-bond acceptors (Lipinski definition) is 8. The highest BCUT2D eigenvalue weighted by atomic mass is 32.2. The van der Waals surface area contributed by atoms with Crippen LogP contribution in [0.5, 0.6) is 0 Å². The number of hydrogen-bond donors (Lipinski definition) is 0. The fraction of sp³-hybridized carbons (Fsp3) is 0.400. The van der Waals surface area contributed by atoms with Crippen molar-refractivity contribution in [2.75, 3.05) is 46.3 Å². The lowest BCUT2D eigenvalue weighted by Gasteiger charge is -2.29. The van der Waals surface area contributed by atoms with Gasteiger partial charge in [0.05, 0.1) is 36.6 Å². The lowest BCUT2D eigenvalue weighted by molar-refractivity contribution is -0.153. The smallest absolute Gasteiger partial charge is 0.337 e. The number of allylic oxidation sites excluding steroid dienone is 3. The number of nitrogens with zero attached hydrogens (tertiary/aromatic N) is 2. The van der Waals surface area contributed by atoms with Gasteiger partial charge in [0, 0.05) is 31.0 Å². The first-order chi connectivity index (χ1) is 16.2. The minimum absolute atomic E-state index is 0.329. The Morgan fingerprint density at radius 3 is 2.65 bits per heavy atom. The van der Waals surface area contributed by atoms with Gasteiger partial charge < -0.3 is 24.0 Å². The molecule has 1 unspecified atom stereocenters. The van der Waals surface area contributed by atoms with E-state index in [1.165, 1.54) is 25.8 Å². The molecule has 1 aromatic carbocycles. The number of thioether (sulfide) groups is 1. The summed E-state index contributed by atoms with van der Waals surface area (Å²) in [7, 11) is 6.67. The van der Waals surface area contributed by atoms with Crippen molar-refractivity contribution in [1.82, 2.24) is 4.90 Å². The van der Waals surface area contributed by atoms with Crippen LogP contribution in [0.3, 0.4) is 0 Å². The molecular weight excluding hydrogens is 456 g/mol. The number of rotatable bonds is 7. The van der Waals surface area contributed by atoms with Crippen molar-refractivity contribution < 1.29 is 28.6 Å². The Balaban J connectivity index is 2.11. The van der Waals surface area contributed by atoms with E-state index in [-0.39, 0.29) is 5.91 Å². The third kappa shape index (κ3) is 5.82. The van der Waals surface area contributed by atoms with Crippen LogP contribution >= 0.6 is 11.8 Å². The predicted octanol–water partition coefficient (Wildman–Crippen LogP) is 2.49. The molecule has 0 bridgehead atoms. The van der Waals surface area contributed by atoms with Gasteiger partial charge in [0.15, 0.2) is 6.10 Å². The molecule has 9 heteroatoms. The van der Waals surface area contributed by atoms with Gasteiger partial charge in [-0.05, 0) is 38.4 Å². The van der Waals surface area contributed by atoms with Gasteiger partial charge in [-0.2, -0.15) is 0 Å². The first-order valence-corrected chi connectivity index (χ1v) is 11.6. The highest BCUT2D eigenvalue weighted by molar-refractivity contribution is 8.00. The summed E-state index contributed by atoms with van der Waals surface area (Å²) in [6, 6.07) is 5.10. The molecule has 1 aliphatic heterocycles. The number of fused-ring (bicyclic) bond motifs is 1. The second kappa shape index (κ2) is 11.3. The van der Waals surface area contributed by atoms with E-state index >= 15 is 0 Å². The Morgan fingerprint density at radius 2 is 2.00 bits per heavy atom. The molecule has 1 aromatic rings. The number of anilines is 1. The quantitative estimate of drug-likeness (QED) is 0.431. The molecule has 0 radical (unpaired) electrons. The number of methoxy groups -OCH3 is 2. The molecule has 8 nitrogen and oxygen atoms in total. The van der Waals surface area contributed by atoms with Crippen LogP contribution in [0, 0.1) is 17.8 Å². The van der Waals surface area contributed by atoms with E-state index in [1.54, 1.807) is 42.4 Å². The summed E-state index contributed by atoms with van der Waals surface area (Å²) in [4.78, 5) is 42.4. The van der Waals surface area contributed by atoms with Gasteiger partial charge in [-0.3, -0.25) is 9.59 Å². The van der Waals surface area contributed by atoms with Gasteiger partial charge >= 0.3 is 11.9 Å². The van der Waals surface area contributed by atoms with Crippen LogP contribution in [-0.2, 0) is 23.8 Å². The number of likely N-dealkylation sites (N-methyl/N-ethyl adjacent to an activating group) is 1. The summed E-state index contributed by atoms with van der Waals surface area (Å²) in [6.45, 7) is 2.20. The summed E-state index contributed by atoms with van der Waals surface area (Å²) < 4.78 is 15.7. The molecule has 0 fully saturated rings. The molecule has 0 saturated carbocycles. The van der Waals surface area contributed by atoms with Gasteiger partial charge in [-0.1, -0.05) is 17.9 Å². The Bertz CT molecular complexity index is 1080. The molecule has 1 aliphatic carbocycles. The molecule has 180 valence electrons. The third-order valence-corrected chi connectivity index (χ3v) is 6.74. The summed E-state index contributed by atoms with van der Waals surface area (Å²) >= 11 is 1.40. The van der Waals surface area contributed by atoms with Crippen LogP contribution in [0.1, 0.15) is 17.3 Å². The molecule has 1 amide bonds. The largest absolute Gasteiger partial charge is 0.496 e. The normalized spacial score (nSPS) is 21.5. The third-order valence-electron chi connectivity index (χ3n) is 5.33. The zero-order valence-electron chi connectivity index (χ0n) is 19.9. The van der Waals surface area contributed by atoms with Crippen molar-refractivity contribution in [1.29, 1.82) is 0 Å². The molecule has 34 heavy (non-hydrogen) atoms. The van der Waals surface area contributed by atoms with Crippen molar-refractivity contribution in [3.8, 4) is 11.8 Å². The maximum Gasteiger partial charge on any atom is 0.337 e. The van der Waals surface area contributed by atoms with Crippen molar-refractivity contribution >= 4 is 35.3 Å². The van der Waals surface area contributed by atoms with Gasteiger partial charge in [0.25, 0.3) is 5.91 Å². The molecule has 0 saturated heterocycles. The van der Waals surface area contributed by atoms with Crippen molar-refractivity contribution in [2.45, 2.75) is 23.2 Å². The van der Waals surface area contributed by atoms with E-state index in [1.807, 2.05) is 25.1 Å². The average Bonchev–Trinajstić information content (AvgIpc) is 3.11. The monoisotopic (exact) mass is 484 g/mol. The molecule has 0 N–H and O–H groups in total. The van der Waals surface area contributed by atoms with Gasteiger partial charge in [-0.25, -0.2) is 4.79 Å². The fourth-order valence-corrected chi connectivity index (χ4v) is 4.94. The molecule has 3 atom stereocenters. The molecular formula is C25H28N2O6S. The minimum Gasteiger partial charge on any atom is -0.496 e. The topological polar surface area (TPSA) is 85.4 Å². The lowest BCUT2D eigenvalue weighted by Crippen LogP contribution is -2.48. The number of ether oxygens (including phenoxy) is 3. The average molecular weight is 485 g/mol. The standard InChI is InChI=1S/C25H28N2O6S/c1-16(28)33-22-23(17-7-6-8-19(31-4)11-9-17)34-21-12-10-18(25(30)32-5)15-20(21)27(24(22)29)14-13-26(2)3/h8-12,15,17,22-23H,13-14H2,1-5H3/t17?,22-,23+/m1/s1. The Labute approximate surface area is 203 Å².